The van der Waals surface area contributed by atoms with Gasteiger partial charge in [-0.25, -0.2) is 4.79 Å². The van der Waals surface area contributed by atoms with Gasteiger partial charge in [0.15, 0.2) is 5.58 Å². The summed E-state index contributed by atoms with van der Waals surface area (Å²) in [6.07, 6.45) is 0.751. The van der Waals surface area contributed by atoms with E-state index in [2.05, 4.69) is 39.4 Å². The van der Waals surface area contributed by atoms with Crippen LogP contribution in [0.4, 0.5) is 11.4 Å². The first-order valence-corrected chi connectivity index (χ1v) is 11.1. The zero-order chi connectivity index (χ0) is 23.2. The molecule has 10 nitrogen and oxygen atoms in total. The predicted octanol–water partition coefficient (Wildman–Crippen LogP) is 2.22. The Morgan fingerprint density at radius 2 is 1.82 bits per heavy atom. The van der Waals surface area contributed by atoms with Gasteiger partial charge in [0.05, 0.1) is 16.5 Å². The number of carbonyl (C=O) groups is 1. The van der Waals surface area contributed by atoms with Crippen LogP contribution in [0.15, 0.2) is 57.7 Å². The molecule has 1 aromatic heterocycles. The minimum absolute atomic E-state index is 0.0607. The Labute approximate surface area is 190 Å². The number of nitro benzene ring substituents is 1. The first kappa shape index (κ1) is 22.5. The van der Waals surface area contributed by atoms with E-state index in [0.717, 1.165) is 32.7 Å². The van der Waals surface area contributed by atoms with Gasteiger partial charge in [-0.2, -0.15) is 0 Å². The number of nitrogens with zero attached hydrogens (tertiary/aromatic N) is 4. The molecule has 0 atom stereocenters. The van der Waals surface area contributed by atoms with Crippen LogP contribution in [-0.2, 0) is 11.3 Å². The van der Waals surface area contributed by atoms with E-state index < -0.39 is 10.7 Å². The molecular formula is C23H27N5O5. The molecule has 0 unspecified atom stereocenters. The maximum Gasteiger partial charge on any atom is 0.419 e. The SMILES string of the molecule is O=C(CCCn1c(=O)oc2cc([N+](=O)[O-])ccc21)NCCN1CCN(c2ccccc2)CC1. The number of carbonyl (C=O) groups excluding carboxylic acids is 1. The summed E-state index contributed by atoms with van der Waals surface area (Å²) < 4.78 is 6.51. The molecule has 0 bridgehead atoms. The molecule has 1 aliphatic rings. The number of hydrogen-bond donors (Lipinski definition) is 1. The third kappa shape index (κ3) is 5.58. The van der Waals surface area contributed by atoms with Crippen LogP contribution in [0.1, 0.15) is 12.8 Å². The molecule has 33 heavy (non-hydrogen) atoms. The van der Waals surface area contributed by atoms with Crippen molar-refractivity contribution in [3.05, 3.63) is 69.2 Å². The van der Waals surface area contributed by atoms with Crippen LogP contribution in [0.2, 0.25) is 0 Å². The van der Waals surface area contributed by atoms with Gasteiger partial charge < -0.3 is 14.6 Å². The third-order valence-corrected chi connectivity index (χ3v) is 5.89. The lowest BCUT2D eigenvalue weighted by atomic mass is 10.2. The van der Waals surface area contributed by atoms with Gasteiger partial charge >= 0.3 is 5.76 Å². The van der Waals surface area contributed by atoms with Gasteiger partial charge in [-0.05, 0) is 24.6 Å². The summed E-state index contributed by atoms with van der Waals surface area (Å²) in [5.41, 5.74) is 1.77. The number of aryl methyl sites for hydroxylation is 1. The number of aromatic nitrogens is 1. The van der Waals surface area contributed by atoms with Crippen molar-refractivity contribution in [2.24, 2.45) is 0 Å². The molecule has 174 valence electrons. The van der Waals surface area contributed by atoms with E-state index >= 15 is 0 Å². The van der Waals surface area contributed by atoms with Gasteiger partial charge in [-0.3, -0.25) is 24.4 Å². The Kier molecular flexibility index (Phi) is 7.04. The highest BCUT2D eigenvalue weighted by atomic mass is 16.6. The van der Waals surface area contributed by atoms with E-state index in [1.54, 1.807) is 0 Å². The van der Waals surface area contributed by atoms with E-state index in [1.165, 1.54) is 28.5 Å². The summed E-state index contributed by atoms with van der Waals surface area (Å²) >= 11 is 0. The molecule has 1 N–H and O–H groups in total. The molecule has 1 aliphatic heterocycles. The number of rotatable bonds is 9. The average Bonchev–Trinajstić information content (AvgIpc) is 3.14. The molecule has 1 fully saturated rings. The number of fused-ring (bicyclic) bond motifs is 1. The third-order valence-electron chi connectivity index (χ3n) is 5.89. The van der Waals surface area contributed by atoms with Crippen molar-refractivity contribution in [1.82, 2.24) is 14.8 Å². The topological polar surface area (TPSA) is 114 Å². The van der Waals surface area contributed by atoms with E-state index in [4.69, 9.17) is 4.42 Å². The first-order chi connectivity index (χ1) is 16.0. The second-order valence-corrected chi connectivity index (χ2v) is 8.05. The van der Waals surface area contributed by atoms with E-state index in [9.17, 15) is 19.7 Å². The number of nitrogens with one attached hydrogen (secondary N) is 1. The van der Waals surface area contributed by atoms with Gasteiger partial charge in [-0.15, -0.1) is 0 Å². The van der Waals surface area contributed by atoms with Gasteiger partial charge in [0.25, 0.3) is 5.69 Å². The maximum atomic E-state index is 12.2. The second kappa shape index (κ2) is 10.3. The lowest BCUT2D eigenvalue weighted by Gasteiger charge is -2.36. The van der Waals surface area contributed by atoms with Crippen LogP contribution in [0.5, 0.6) is 0 Å². The zero-order valence-corrected chi connectivity index (χ0v) is 18.3. The Morgan fingerprint density at radius 3 is 2.55 bits per heavy atom. The fraction of sp³-hybridized carbons (Fsp3) is 0.391. The number of anilines is 1. The van der Waals surface area contributed by atoms with Gasteiger partial charge in [0.2, 0.25) is 5.91 Å². The molecule has 2 aromatic carbocycles. The van der Waals surface area contributed by atoms with Crippen LogP contribution in [0.3, 0.4) is 0 Å². The fourth-order valence-corrected chi connectivity index (χ4v) is 4.09. The van der Waals surface area contributed by atoms with Crippen molar-refractivity contribution < 1.29 is 14.1 Å². The van der Waals surface area contributed by atoms with Crippen LogP contribution >= 0.6 is 0 Å². The number of hydrogen-bond acceptors (Lipinski definition) is 7. The Bertz CT molecular complexity index is 1160. The molecule has 3 aromatic rings. The van der Waals surface area contributed by atoms with E-state index in [0.29, 0.717) is 25.0 Å². The van der Waals surface area contributed by atoms with Crippen molar-refractivity contribution in [1.29, 1.82) is 0 Å². The van der Waals surface area contributed by atoms with Crippen LogP contribution in [-0.4, -0.2) is 59.6 Å². The molecule has 0 radical (unpaired) electrons. The lowest BCUT2D eigenvalue weighted by Crippen LogP contribution is -2.48. The second-order valence-electron chi connectivity index (χ2n) is 8.05. The highest BCUT2D eigenvalue weighted by Crippen LogP contribution is 2.20. The van der Waals surface area contributed by atoms with Crippen molar-refractivity contribution in [3.8, 4) is 0 Å². The Morgan fingerprint density at radius 1 is 1.06 bits per heavy atom. The van der Waals surface area contributed by atoms with Crippen LogP contribution in [0, 0.1) is 10.1 Å². The summed E-state index contributed by atoms with van der Waals surface area (Å²) in [5.74, 6) is -0.644. The minimum atomic E-state index is -0.583. The van der Waals surface area contributed by atoms with Crippen LogP contribution < -0.4 is 16.0 Å². The largest absolute Gasteiger partial charge is 0.419 e. The first-order valence-electron chi connectivity index (χ1n) is 11.1. The molecule has 4 rings (SSSR count). The minimum Gasteiger partial charge on any atom is -0.407 e. The average molecular weight is 453 g/mol. The molecule has 1 amide bonds. The number of benzene rings is 2. The Balaban J connectivity index is 1.17. The highest BCUT2D eigenvalue weighted by molar-refractivity contribution is 5.76. The number of nitro groups is 1. The van der Waals surface area contributed by atoms with Crippen molar-refractivity contribution >= 4 is 28.4 Å². The van der Waals surface area contributed by atoms with Crippen LogP contribution in [0.25, 0.3) is 11.1 Å². The molecular weight excluding hydrogens is 426 g/mol. The Hall–Kier alpha value is -3.66. The monoisotopic (exact) mass is 453 g/mol. The van der Waals surface area contributed by atoms with E-state index in [1.807, 2.05) is 6.07 Å². The quantitative estimate of drug-likeness (QED) is 0.390. The molecule has 2 heterocycles. The number of piperazine rings is 1. The summed E-state index contributed by atoms with van der Waals surface area (Å²) in [6, 6.07) is 14.4. The zero-order valence-electron chi connectivity index (χ0n) is 18.3. The predicted molar refractivity (Wildman–Crippen MR) is 124 cm³/mol. The van der Waals surface area contributed by atoms with Crippen molar-refractivity contribution in [2.45, 2.75) is 19.4 Å². The molecule has 1 saturated heterocycles. The number of non-ortho nitro benzene ring substituents is 1. The highest BCUT2D eigenvalue weighted by Gasteiger charge is 2.17. The molecule has 0 saturated carbocycles. The van der Waals surface area contributed by atoms with Gasteiger partial charge in [0.1, 0.15) is 0 Å². The fourth-order valence-electron chi connectivity index (χ4n) is 4.09. The van der Waals surface area contributed by atoms with Crippen molar-refractivity contribution in [3.63, 3.8) is 0 Å². The smallest absolute Gasteiger partial charge is 0.407 e. The molecule has 0 spiro atoms. The van der Waals surface area contributed by atoms with Gasteiger partial charge in [0, 0.05) is 64.0 Å². The van der Waals surface area contributed by atoms with Gasteiger partial charge in [-0.1, -0.05) is 18.2 Å². The molecule has 0 aliphatic carbocycles. The number of oxazole rings is 1. The lowest BCUT2D eigenvalue weighted by molar-refractivity contribution is -0.384. The summed E-state index contributed by atoms with van der Waals surface area (Å²) in [4.78, 5) is 39.3. The summed E-state index contributed by atoms with van der Waals surface area (Å²) in [6.45, 7) is 5.54. The number of para-hydroxylation sites is 1. The standard InChI is InChI=1S/C23H27N5O5/c29-22(24-10-12-25-13-15-26(16-14-25)18-5-2-1-3-6-18)7-4-11-27-20-9-8-19(28(31)32)17-21(20)33-23(27)30/h1-3,5-6,8-9,17H,4,7,10-16H2,(H,24,29). The normalized spacial score (nSPS) is 14.5. The van der Waals surface area contributed by atoms with E-state index in [-0.39, 0.29) is 23.6 Å². The molecule has 10 heteroatoms. The van der Waals surface area contributed by atoms with Crippen molar-refractivity contribution in [2.75, 3.05) is 44.2 Å². The number of amides is 1. The summed E-state index contributed by atoms with van der Waals surface area (Å²) in [7, 11) is 0. The maximum absolute atomic E-state index is 12.2. The summed E-state index contributed by atoms with van der Waals surface area (Å²) in [5, 5.41) is 13.8.